The minimum Gasteiger partial charge on any atom is -0.371 e. The van der Waals surface area contributed by atoms with Crippen LogP contribution in [0.1, 0.15) is 40.9 Å². The van der Waals surface area contributed by atoms with Crippen molar-refractivity contribution in [3.63, 3.8) is 0 Å². The summed E-state index contributed by atoms with van der Waals surface area (Å²) >= 11 is 6.54. The van der Waals surface area contributed by atoms with Crippen LogP contribution in [-0.4, -0.2) is 42.4 Å². The average Bonchev–Trinajstić information content (AvgIpc) is 3.43. The van der Waals surface area contributed by atoms with Crippen molar-refractivity contribution in [1.29, 1.82) is 0 Å². The van der Waals surface area contributed by atoms with Crippen molar-refractivity contribution in [2.45, 2.75) is 31.7 Å². The number of hydrogen-bond acceptors (Lipinski definition) is 4. The van der Waals surface area contributed by atoms with E-state index in [4.69, 9.17) is 11.6 Å². The number of hydrogen-bond donors (Lipinski definition) is 1. The van der Waals surface area contributed by atoms with Gasteiger partial charge >= 0.3 is 0 Å². The van der Waals surface area contributed by atoms with Crippen LogP contribution in [0.3, 0.4) is 0 Å². The number of para-hydroxylation sites is 1. The number of aromatic nitrogens is 1. The Morgan fingerprint density at radius 3 is 2.49 bits per heavy atom. The minimum absolute atomic E-state index is 0. The number of pyridine rings is 1. The number of benzene rings is 2. The lowest BCUT2D eigenvalue weighted by molar-refractivity contribution is -0.116. The summed E-state index contributed by atoms with van der Waals surface area (Å²) in [6.07, 6.45) is 4.08. The van der Waals surface area contributed by atoms with E-state index < -0.39 is 29.7 Å². The number of carbonyl (C=O) groups excluding carboxylic acids is 2. The molecule has 2 aromatic carbocycles. The van der Waals surface area contributed by atoms with Gasteiger partial charge in [-0.1, -0.05) is 35.9 Å². The summed E-state index contributed by atoms with van der Waals surface area (Å²) in [6.45, 7) is 1.73. The van der Waals surface area contributed by atoms with E-state index in [-0.39, 0.29) is 41.6 Å². The van der Waals surface area contributed by atoms with Crippen molar-refractivity contribution in [2.24, 2.45) is 0 Å². The molecule has 1 saturated heterocycles. The molecule has 1 aromatic heterocycles. The summed E-state index contributed by atoms with van der Waals surface area (Å²) in [5.41, 5.74) is 1.79. The van der Waals surface area contributed by atoms with Crippen LogP contribution in [0.5, 0.6) is 0 Å². The fraction of sp³-hybridized carbons (Fsp3) is 0.276. The molecule has 0 aliphatic carbocycles. The molecule has 0 spiro atoms. The van der Waals surface area contributed by atoms with Gasteiger partial charge in [0, 0.05) is 55.2 Å². The fourth-order valence-corrected chi connectivity index (χ4v) is 5.15. The number of alkyl halides is 2. The van der Waals surface area contributed by atoms with E-state index in [1.165, 1.54) is 11.0 Å². The highest BCUT2D eigenvalue weighted by Gasteiger charge is 2.41. The van der Waals surface area contributed by atoms with E-state index in [2.05, 4.69) is 15.2 Å². The van der Waals surface area contributed by atoms with E-state index in [1.54, 1.807) is 54.7 Å². The van der Waals surface area contributed by atoms with Crippen LogP contribution in [0.25, 0.3) is 5.57 Å². The molecule has 0 bridgehead atoms. The first-order valence-electron chi connectivity index (χ1n) is 12.6. The lowest BCUT2D eigenvalue weighted by Crippen LogP contribution is -2.33. The molecule has 1 fully saturated rings. The van der Waals surface area contributed by atoms with Gasteiger partial charge in [0.15, 0.2) is 0 Å². The van der Waals surface area contributed by atoms with Gasteiger partial charge in [-0.2, -0.15) is 0 Å². The van der Waals surface area contributed by atoms with E-state index in [0.717, 1.165) is 37.7 Å². The smallest absolute Gasteiger partial charge is 0.275 e. The molecule has 2 amide bonds. The number of amides is 2. The predicted molar refractivity (Wildman–Crippen MR) is 152 cm³/mol. The molecule has 10 heteroatoms. The van der Waals surface area contributed by atoms with Gasteiger partial charge in [-0.15, -0.1) is 12.4 Å². The Morgan fingerprint density at radius 2 is 1.77 bits per heavy atom. The first kappa shape index (κ1) is 28.5. The first-order chi connectivity index (χ1) is 18.3. The molecule has 0 unspecified atom stereocenters. The molecule has 39 heavy (non-hydrogen) atoms. The number of nitrogens with zero attached hydrogens (tertiary/aromatic N) is 3. The lowest BCUT2D eigenvalue weighted by Gasteiger charge is -2.24. The Bertz CT molecular complexity index is 1380. The minimum atomic E-state index is -3.34. The van der Waals surface area contributed by atoms with Crippen LogP contribution in [0, 0.1) is 0 Å². The monoisotopic (exact) mass is 572 g/mol. The number of nitrogens with one attached hydrogen (secondary N) is 1. The SMILES string of the molecule is Cl.O=C(/C=C1/c2ccccc2N(C(=O)c2ccc(N3CCCC3)cc2Cl)CCC1(F)F)NCc1ccccn1. The maximum atomic E-state index is 15.4. The Morgan fingerprint density at radius 1 is 1.03 bits per heavy atom. The number of carbonyl (C=O) groups is 2. The molecule has 2 aliphatic heterocycles. The zero-order valence-electron chi connectivity index (χ0n) is 21.1. The van der Waals surface area contributed by atoms with Gasteiger partial charge in [0.25, 0.3) is 11.8 Å². The molecule has 3 heterocycles. The van der Waals surface area contributed by atoms with Crippen LogP contribution in [0.15, 0.2) is 72.9 Å². The predicted octanol–water partition coefficient (Wildman–Crippen LogP) is 6.14. The number of anilines is 2. The fourth-order valence-electron chi connectivity index (χ4n) is 4.89. The molecule has 2 aliphatic rings. The normalized spacial score (nSPS) is 17.3. The van der Waals surface area contributed by atoms with Crippen molar-refractivity contribution >= 4 is 52.8 Å². The molecule has 0 atom stereocenters. The van der Waals surface area contributed by atoms with E-state index >= 15 is 8.78 Å². The van der Waals surface area contributed by atoms with Crippen LogP contribution < -0.4 is 15.1 Å². The maximum absolute atomic E-state index is 15.4. The number of allylic oxidation sites excluding steroid dienone is 1. The lowest BCUT2D eigenvalue weighted by atomic mass is 9.97. The van der Waals surface area contributed by atoms with Crippen LogP contribution in [0.4, 0.5) is 20.2 Å². The summed E-state index contributed by atoms with van der Waals surface area (Å²) in [7, 11) is 0. The maximum Gasteiger partial charge on any atom is 0.275 e. The van der Waals surface area contributed by atoms with E-state index in [9.17, 15) is 9.59 Å². The van der Waals surface area contributed by atoms with Gasteiger partial charge in [0.1, 0.15) is 0 Å². The second-order valence-corrected chi connectivity index (χ2v) is 9.79. The Kier molecular flexibility index (Phi) is 8.87. The average molecular weight is 573 g/mol. The topological polar surface area (TPSA) is 65.5 Å². The van der Waals surface area contributed by atoms with Crippen LogP contribution in [0.2, 0.25) is 5.02 Å². The second-order valence-electron chi connectivity index (χ2n) is 9.38. The van der Waals surface area contributed by atoms with Crippen LogP contribution in [-0.2, 0) is 11.3 Å². The third-order valence-corrected chi connectivity index (χ3v) is 7.19. The third-order valence-electron chi connectivity index (χ3n) is 6.87. The summed E-state index contributed by atoms with van der Waals surface area (Å²) in [5.74, 6) is -4.47. The highest BCUT2D eigenvalue weighted by Crippen LogP contribution is 2.43. The molecule has 204 valence electrons. The van der Waals surface area contributed by atoms with Crippen molar-refractivity contribution in [3.05, 3.63) is 94.8 Å². The van der Waals surface area contributed by atoms with Crippen molar-refractivity contribution < 1.29 is 18.4 Å². The van der Waals surface area contributed by atoms with E-state index in [1.807, 2.05) is 6.07 Å². The van der Waals surface area contributed by atoms with Crippen molar-refractivity contribution in [2.75, 3.05) is 29.4 Å². The molecular weight excluding hydrogens is 545 g/mol. The molecule has 1 N–H and O–H groups in total. The van der Waals surface area contributed by atoms with Crippen molar-refractivity contribution in [1.82, 2.24) is 10.3 Å². The number of halogens is 4. The Balaban J connectivity index is 0.00000353. The second kappa shape index (κ2) is 12.1. The van der Waals surface area contributed by atoms with Gasteiger partial charge < -0.3 is 15.1 Å². The molecule has 5 rings (SSSR count). The standard InChI is InChI=1S/C29H27ClF2N4O2.ClH/c30-25-17-21(35-14-5-6-15-35)10-11-23(25)28(38)36-16-12-29(31,32)24(22-8-1-2-9-26(22)36)18-27(37)34-19-20-7-3-4-13-33-20;/h1-4,7-11,13,17-18H,5-6,12,14-16,19H2,(H,34,37);1H/b24-18-;. The zero-order valence-corrected chi connectivity index (χ0v) is 22.7. The summed E-state index contributed by atoms with van der Waals surface area (Å²) in [6, 6.07) is 16.9. The van der Waals surface area contributed by atoms with Crippen LogP contribution >= 0.6 is 24.0 Å². The van der Waals surface area contributed by atoms with Gasteiger partial charge in [-0.25, -0.2) is 8.78 Å². The quantitative estimate of drug-likeness (QED) is 0.373. The van der Waals surface area contributed by atoms with Crippen molar-refractivity contribution in [3.8, 4) is 0 Å². The number of rotatable bonds is 5. The molecule has 0 saturated carbocycles. The van der Waals surface area contributed by atoms with Gasteiger partial charge in [-0.05, 0) is 49.2 Å². The van der Waals surface area contributed by atoms with Gasteiger partial charge in [0.05, 0.1) is 28.5 Å². The highest BCUT2D eigenvalue weighted by molar-refractivity contribution is 6.35. The zero-order chi connectivity index (χ0) is 26.7. The number of fused-ring (bicyclic) bond motifs is 1. The summed E-state index contributed by atoms with van der Waals surface area (Å²) < 4.78 is 30.9. The summed E-state index contributed by atoms with van der Waals surface area (Å²) in [5, 5.41) is 2.89. The molecular formula is C29H28Cl2F2N4O2. The summed E-state index contributed by atoms with van der Waals surface area (Å²) in [4.78, 5) is 34.0. The highest BCUT2D eigenvalue weighted by atomic mass is 35.5. The molecule has 6 nitrogen and oxygen atoms in total. The molecule has 3 aromatic rings. The first-order valence-corrected chi connectivity index (χ1v) is 12.9. The van der Waals surface area contributed by atoms with Gasteiger partial charge in [-0.3, -0.25) is 14.6 Å². The Labute approximate surface area is 237 Å². The largest absolute Gasteiger partial charge is 0.371 e. The Hall–Kier alpha value is -3.49. The van der Waals surface area contributed by atoms with E-state index in [0.29, 0.717) is 11.4 Å². The third kappa shape index (κ3) is 6.23. The molecule has 0 radical (unpaired) electrons. The van der Waals surface area contributed by atoms with Gasteiger partial charge in [0.2, 0.25) is 5.91 Å².